The van der Waals surface area contributed by atoms with Crippen LogP contribution < -0.4 is 0 Å². The second kappa shape index (κ2) is 9.71. The fraction of sp³-hybridized carbons (Fsp3) is 0.240. The van der Waals surface area contributed by atoms with Crippen LogP contribution in [0.2, 0.25) is 0 Å². The van der Waals surface area contributed by atoms with Crippen molar-refractivity contribution >= 4 is 28.9 Å². The first-order valence-corrected chi connectivity index (χ1v) is 11.3. The number of ketones is 1. The minimum Gasteiger partial charge on any atom is -0.339 e. The lowest BCUT2D eigenvalue weighted by Crippen LogP contribution is -2.50. The van der Waals surface area contributed by atoms with Crippen LogP contribution in [0.25, 0.3) is 11.1 Å². The molecule has 4 rings (SSSR count). The third-order valence-corrected chi connectivity index (χ3v) is 6.39. The van der Waals surface area contributed by atoms with Gasteiger partial charge in [-0.25, -0.2) is 0 Å². The predicted molar refractivity (Wildman–Crippen MR) is 122 cm³/mol. The van der Waals surface area contributed by atoms with Crippen molar-refractivity contribution in [1.29, 1.82) is 0 Å². The number of nitrogens with zero attached hydrogens (tertiary/aromatic N) is 2. The quantitative estimate of drug-likeness (QED) is 0.544. The van der Waals surface area contributed by atoms with Crippen molar-refractivity contribution in [3.63, 3.8) is 0 Å². The monoisotopic (exact) mass is 432 g/mol. The molecule has 0 unspecified atom stereocenters. The highest BCUT2D eigenvalue weighted by atomic mass is 32.1. The third-order valence-electron chi connectivity index (χ3n) is 5.53. The molecule has 1 fully saturated rings. The van der Waals surface area contributed by atoms with E-state index < -0.39 is 0 Å². The molecule has 0 spiro atoms. The number of carbonyl (C=O) groups excluding carboxylic acids is 3. The van der Waals surface area contributed by atoms with E-state index in [0.29, 0.717) is 31.7 Å². The highest BCUT2D eigenvalue weighted by Gasteiger charge is 2.25. The van der Waals surface area contributed by atoms with Gasteiger partial charge in [-0.15, -0.1) is 11.3 Å². The molecular formula is C25H24N2O3S. The van der Waals surface area contributed by atoms with Crippen LogP contribution in [-0.2, 0) is 4.79 Å². The molecule has 0 radical (unpaired) electrons. The summed E-state index contributed by atoms with van der Waals surface area (Å²) in [5, 5.41) is 1.89. The number of piperazine rings is 1. The first-order valence-electron chi connectivity index (χ1n) is 10.4. The lowest BCUT2D eigenvalue weighted by atomic mass is 10.0. The van der Waals surface area contributed by atoms with Crippen LogP contribution in [0.3, 0.4) is 0 Å². The molecule has 0 atom stereocenters. The number of thiophene rings is 1. The van der Waals surface area contributed by atoms with E-state index in [9.17, 15) is 14.4 Å². The highest BCUT2D eigenvalue weighted by Crippen LogP contribution is 2.20. The topological polar surface area (TPSA) is 57.7 Å². The van der Waals surface area contributed by atoms with E-state index in [1.165, 1.54) is 11.3 Å². The van der Waals surface area contributed by atoms with Gasteiger partial charge in [-0.2, -0.15) is 0 Å². The lowest BCUT2D eigenvalue weighted by molar-refractivity contribution is -0.132. The molecule has 31 heavy (non-hydrogen) atoms. The molecule has 1 aromatic heterocycles. The Kier molecular flexibility index (Phi) is 6.57. The number of Topliss-reactive ketones (excluding diaryl/α,β-unsaturated/α-hetero) is 1. The largest absolute Gasteiger partial charge is 0.339 e. The van der Waals surface area contributed by atoms with Gasteiger partial charge in [0.15, 0.2) is 5.78 Å². The molecule has 158 valence electrons. The van der Waals surface area contributed by atoms with Gasteiger partial charge in [-0.3, -0.25) is 14.4 Å². The normalized spacial score (nSPS) is 13.8. The van der Waals surface area contributed by atoms with Crippen LogP contribution in [0.5, 0.6) is 0 Å². The number of amides is 2. The predicted octanol–water partition coefficient (Wildman–Crippen LogP) is 4.36. The Morgan fingerprint density at radius 1 is 0.710 bits per heavy atom. The number of hydrogen-bond acceptors (Lipinski definition) is 4. The molecular weight excluding hydrogens is 408 g/mol. The summed E-state index contributed by atoms with van der Waals surface area (Å²) in [7, 11) is 0. The van der Waals surface area contributed by atoms with Gasteiger partial charge in [0.05, 0.1) is 4.88 Å². The van der Waals surface area contributed by atoms with E-state index in [2.05, 4.69) is 0 Å². The molecule has 1 aliphatic rings. The van der Waals surface area contributed by atoms with E-state index in [4.69, 9.17) is 0 Å². The first-order chi connectivity index (χ1) is 15.1. The second-order valence-corrected chi connectivity index (χ2v) is 8.46. The molecule has 0 saturated carbocycles. The van der Waals surface area contributed by atoms with Gasteiger partial charge in [-0.05, 0) is 22.6 Å². The van der Waals surface area contributed by atoms with Crippen LogP contribution in [0.1, 0.15) is 32.9 Å². The Morgan fingerprint density at radius 3 is 2.00 bits per heavy atom. The Labute approximate surface area is 185 Å². The summed E-state index contributed by atoms with van der Waals surface area (Å²) in [4.78, 5) is 41.8. The summed E-state index contributed by atoms with van der Waals surface area (Å²) in [6.07, 6.45) is 0.385. The molecule has 5 nitrogen and oxygen atoms in total. The van der Waals surface area contributed by atoms with Crippen LogP contribution in [0.4, 0.5) is 0 Å². The van der Waals surface area contributed by atoms with Gasteiger partial charge >= 0.3 is 0 Å². The van der Waals surface area contributed by atoms with Crippen LogP contribution in [0, 0.1) is 0 Å². The summed E-state index contributed by atoms with van der Waals surface area (Å²) in [6.45, 7) is 2.07. The maximum atomic E-state index is 12.6. The van der Waals surface area contributed by atoms with Gasteiger partial charge in [0.2, 0.25) is 5.91 Å². The zero-order chi connectivity index (χ0) is 21.6. The molecule has 6 heteroatoms. The van der Waals surface area contributed by atoms with Gasteiger partial charge in [-0.1, -0.05) is 60.7 Å². The molecule has 1 saturated heterocycles. The average molecular weight is 433 g/mol. The fourth-order valence-corrected chi connectivity index (χ4v) is 4.41. The van der Waals surface area contributed by atoms with Gasteiger partial charge in [0, 0.05) is 44.6 Å². The summed E-state index contributed by atoms with van der Waals surface area (Å²) in [5.41, 5.74) is 2.79. The van der Waals surface area contributed by atoms with Crippen molar-refractivity contribution in [3.8, 4) is 11.1 Å². The summed E-state index contributed by atoms with van der Waals surface area (Å²) < 4.78 is 0. The van der Waals surface area contributed by atoms with E-state index >= 15 is 0 Å². The maximum Gasteiger partial charge on any atom is 0.264 e. The summed E-state index contributed by atoms with van der Waals surface area (Å²) >= 11 is 1.43. The minimum atomic E-state index is -0.0301. The second-order valence-electron chi connectivity index (χ2n) is 7.52. The van der Waals surface area contributed by atoms with Crippen molar-refractivity contribution < 1.29 is 14.4 Å². The third kappa shape index (κ3) is 5.09. The summed E-state index contributed by atoms with van der Waals surface area (Å²) in [6, 6.07) is 21.2. The van der Waals surface area contributed by atoms with Crippen LogP contribution in [0.15, 0.2) is 72.1 Å². The van der Waals surface area contributed by atoms with E-state index in [0.717, 1.165) is 16.0 Å². The van der Waals surface area contributed by atoms with E-state index in [1.807, 2.05) is 72.1 Å². The maximum absolute atomic E-state index is 12.6. The van der Waals surface area contributed by atoms with Gasteiger partial charge in [0.1, 0.15) is 0 Å². The van der Waals surface area contributed by atoms with Crippen LogP contribution >= 0.6 is 11.3 Å². The molecule has 2 aromatic carbocycles. The molecule has 2 amide bonds. The fourth-order valence-electron chi connectivity index (χ4n) is 3.72. The van der Waals surface area contributed by atoms with Gasteiger partial charge < -0.3 is 9.80 Å². The van der Waals surface area contributed by atoms with E-state index in [-0.39, 0.29) is 30.4 Å². The molecule has 0 N–H and O–H groups in total. The van der Waals surface area contributed by atoms with Crippen molar-refractivity contribution in [3.05, 3.63) is 82.6 Å². The molecule has 3 aromatic rings. The summed E-state index contributed by atoms with van der Waals surface area (Å²) in [5.74, 6) is -0.0341. The lowest BCUT2D eigenvalue weighted by Gasteiger charge is -2.34. The Morgan fingerprint density at radius 2 is 1.35 bits per heavy atom. The SMILES string of the molecule is O=C(CCC(=O)N1CCN(C(=O)c2cccs2)CC1)c1ccc(-c2ccccc2)cc1. The number of benzene rings is 2. The van der Waals surface area contributed by atoms with E-state index in [1.54, 1.807) is 9.80 Å². The number of hydrogen-bond donors (Lipinski definition) is 0. The molecule has 0 aliphatic carbocycles. The number of rotatable bonds is 6. The smallest absolute Gasteiger partial charge is 0.264 e. The first kappa shape index (κ1) is 21.0. The van der Waals surface area contributed by atoms with Crippen molar-refractivity contribution in [2.45, 2.75) is 12.8 Å². The van der Waals surface area contributed by atoms with Crippen molar-refractivity contribution in [2.24, 2.45) is 0 Å². The highest BCUT2D eigenvalue weighted by molar-refractivity contribution is 7.12. The average Bonchev–Trinajstić information content (AvgIpc) is 3.38. The minimum absolute atomic E-state index is 0.0243. The Bertz CT molecular complexity index is 1040. The Balaban J connectivity index is 1.25. The standard InChI is InChI=1S/C25H24N2O3S/c28-22(21-10-8-20(9-11-21)19-5-2-1-3-6-19)12-13-24(29)26-14-16-27(17-15-26)25(30)23-7-4-18-31-23/h1-11,18H,12-17H2. The zero-order valence-corrected chi connectivity index (χ0v) is 18.0. The Hall–Kier alpha value is -3.25. The van der Waals surface area contributed by atoms with Crippen LogP contribution in [-0.4, -0.2) is 53.6 Å². The van der Waals surface area contributed by atoms with Gasteiger partial charge in [0.25, 0.3) is 5.91 Å². The molecule has 1 aliphatic heterocycles. The molecule has 0 bridgehead atoms. The van der Waals surface area contributed by atoms with Crippen molar-refractivity contribution in [1.82, 2.24) is 9.80 Å². The zero-order valence-electron chi connectivity index (χ0n) is 17.2. The number of carbonyl (C=O) groups is 3. The molecule has 2 heterocycles. The van der Waals surface area contributed by atoms with Crippen molar-refractivity contribution in [2.75, 3.05) is 26.2 Å².